The highest BCUT2D eigenvalue weighted by Gasteiger charge is 2.11. The number of carboxylic acid groups (broad SMARTS) is 1. The van der Waals surface area contributed by atoms with Gasteiger partial charge in [0.25, 0.3) is 0 Å². The van der Waals surface area contributed by atoms with Crippen LogP contribution in [-0.4, -0.2) is 28.2 Å². The second kappa shape index (κ2) is 5.53. The van der Waals surface area contributed by atoms with Crippen molar-refractivity contribution < 1.29 is 19.4 Å². The van der Waals surface area contributed by atoms with Gasteiger partial charge in [0.2, 0.25) is 5.88 Å². The highest BCUT2D eigenvalue weighted by Crippen LogP contribution is 2.25. The van der Waals surface area contributed by atoms with Crippen LogP contribution >= 0.6 is 11.6 Å². The maximum Gasteiger partial charge on any atom is 0.337 e. The maximum atomic E-state index is 10.9. The molecule has 0 spiro atoms. The Kier molecular flexibility index (Phi) is 3.82. The summed E-state index contributed by atoms with van der Waals surface area (Å²) in [7, 11) is 1.43. The number of benzene rings is 1. The average Bonchev–Trinajstić information content (AvgIpc) is 2.41. The highest BCUT2D eigenvalue weighted by atomic mass is 35.5. The summed E-state index contributed by atoms with van der Waals surface area (Å²) in [5.41, 5.74) is -0.0415. The maximum absolute atomic E-state index is 10.9. The molecule has 2 rings (SSSR count). The van der Waals surface area contributed by atoms with Crippen LogP contribution in [0.15, 0.2) is 30.5 Å². The molecule has 0 bridgehead atoms. The summed E-state index contributed by atoms with van der Waals surface area (Å²) < 4.78 is 10.3. The third-order valence-corrected chi connectivity index (χ3v) is 2.51. The normalized spacial score (nSPS) is 10.0. The second-order valence-electron chi connectivity index (χ2n) is 3.43. The summed E-state index contributed by atoms with van der Waals surface area (Å²) in [4.78, 5) is 18.7. The Hall–Kier alpha value is -2.34. The molecule has 0 aliphatic heterocycles. The Bertz CT molecular complexity index is 618. The SMILES string of the molecule is COc1nccc(Oc2ccc(Cl)c(C(=O)O)c2)n1. The summed E-state index contributed by atoms with van der Waals surface area (Å²) >= 11 is 5.76. The predicted molar refractivity (Wildman–Crippen MR) is 67.1 cm³/mol. The highest BCUT2D eigenvalue weighted by molar-refractivity contribution is 6.33. The van der Waals surface area contributed by atoms with Gasteiger partial charge in [-0.2, -0.15) is 4.98 Å². The lowest BCUT2D eigenvalue weighted by Gasteiger charge is -2.07. The molecule has 0 atom stereocenters. The minimum absolute atomic E-state index is 0.0415. The van der Waals surface area contributed by atoms with E-state index in [0.29, 0.717) is 5.75 Å². The largest absolute Gasteiger partial charge is 0.478 e. The van der Waals surface area contributed by atoms with Crippen LogP contribution in [0.4, 0.5) is 0 Å². The predicted octanol–water partition coefficient (Wildman–Crippen LogP) is 2.63. The van der Waals surface area contributed by atoms with E-state index in [0.717, 1.165) is 0 Å². The Labute approximate surface area is 113 Å². The number of halogens is 1. The third-order valence-electron chi connectivity index (χ3n) is 2.18. The minimum Gasteiger partial charge on any atom is -0.478 e. The van der Waals surface area contributed by atoms with E-state index >= 15 is 0 Å². The first kappa shape index (κ1) is 13.1. The zero-order valence-corrected chi connectivity index (χ0v) is 10.6. The van der Waals surface area contributed by atoms with Crippen molar-refractivity contribution in [2.75, 3.05) is 7.11 Å². The average molecular weight is 281 g/mol. The first-order chi connectivity index (χ1) is 9.10. The molecular weight excluding hydrogens is 272 g/mol. The summed E-state index contributed by atoms with van der Waals surface area (Å²) in [6.45, 7) is 0. The van der Waals surface area contributed by atoms with Gasteiger partial charge in [0.1, 0.15) is 5.75 Å². The molecular formula is C12H9ClN2O4. The summed E-state index contributed by atoms with van der Waals surface area (Å²) in [6, 6.07) is 5.99. The molecule has 98 valence electrons. The molecule has 1 N–H and O–H groups in total. The fraction of sp³-hybridized carbons (Fsp3) is 0.0833. The van der Waals surface area contributed by atoms with Gasteiger partial charge in [-0.25, -0.2) is 9.78 Å². The molecule has 0 radical (unpaired) electrons. The van der Waals surface area contributed by atoms with Crippen molar-refractivity contribution in [3.05, 3.63) is 41.0 Å². The molecule has 0 aliphatic rings. The van der Waals surface area contributed by atoms with E-state index in [1.807, 2.05) is 0 Å². The molecule has 0 aliphatic carbocycles. The third kappa shape index (κ3) is 3.11. The number of aromatic carboxylic acids is 1. The Balaban J connectivity index is 2.28. The Morgan fingerprint density at radius 3 is 2.84 bits per heavy atom. The number of ether oxygens (including phenoxy) is 2. The monoisotopic (exact) mass is 280 g/mol. The molecule has 0 amide bonds. The number of aromatic nitrogens is 2. The zero-order valence-electron chi connectivity index (χ0n) is 9.83. The van der Waals surface area contributed by atoms with Crippen molar-refractivity contribution in [2.45, 2.75) is 0 Å². The van der Waals surface area contributed by atoms with E-state index in [9.17, 15) is 4.79 Å². The lowest BCUT2D eigenvalue weighted by atomic mass is 10.2. The molecule has 1 aromatic carbocycles. The van der Waals surface area contributed by atoms with Crippen LogP contribution in [0.25, 0.3) is 0 Å². The Morgan fingerprint density at radius 2 is 2.16 bits per heavy atom. The van der Waals surface area contributed by atoms with Gasteiger partial charge in [-0.05, 0) is 18.2 Å². The van der Waals surface area contributed by atoms with E-state index in [4.69, 9.17) is 26.2 Å². The van der Waals surface area contributed by atoms with E-state index in [2.05, 4.69) is 9.97 Å². The van der Waals surface area contributed by atoms with E-state index in [1.54, 1.807) is 6.07 Å². The molecule has 6 nitrogen and oxygen atoms in total. The lowest BCUT2D eigenvalue weighted by molar-refractivity contribution is 0.0696. The topological polar surface area (TPSA) is 81.5 Å². The number of hydrogen-bond donors (Lipinski definition) is 1. The van der Waals surface area contributed by atoms with Gasteiger partial charge >= 0.3 is 12.0 Å². The smallest absolute Gasteiger partial charge is 0.337 e. The van der Waals surface area contributed by atoms with Gasteiger partial charge in [0, 0.05) is 12.3 Å². The number of carbonyl (C=O) groups is 1. The second-order valence-corrected chi connectivity index (χ2v) is 3.84. The van der Waals surface area contributed by atoms with Crippen LogP contribution in [0, 0.1) is 0 Å². The summed E-state index contributed by atoms with van der Waals surface area (Å²) in [5, 5.41) is 9.09. The van der Waals surface area contributed by atoms with Gasteiger partial charge in [-0.1, -0.05) is 11.6 Å². The lowest BCUT2D eigenvalue weighted by Crippen LogP contribution is -1.99. The molecule has 0 fully saturated rings. The summed E-state index contributed by atoms with van der Waals surface area (Å²) in [5.74, 6) is -0.580. The first-order valence-corrected chi connectivity index (χ1v) is 5.55. The standard InChI is InChI=1S/C12H9ClN2O4/c1-18-12-14-5-4-10(15-12)19-7-2-3-9(13)8(6-7)11(16)17/h2-6H,1H3,(H,16,17). The molecule has 0 saturated carbocycles. The number of hydrogen-bond acceptors (Lipinski definition) is 5. The van der Waals surface area contributed by atoms with Crippen LogP contribution in [0.3, 0.4) is 0 Å². The van der Waals surface area contributed by atoms with Crippen molar-refractivity contribution in [2.24, 2.45) is 0 Å². The fourth-order valence-corrected chi connectivity index (χ4v) is 1.53. The molecule has 0 saturated heterocycles. The minimum atomic E-state index is -1.13. The zero-order chi connectivity index (χ0) is 13.8. The van der Waals surface area contributed by atoms with Crippen LogP contribution in [-0.2, 0) is 0 Å². The molecule has 19 heavy (non-hydrogen) atoms. The number of nitrogens with zero attached hydrogens (tertiary/aromatic N) is 2. The molecule has 2 aromatic rings. The van der Waals surface area contributed by atoms with Crippen molar-refractivity contribution in [3.63, 3.8) is 0 Å². The number of carboxylic acids is 1. The van der Waals surface area contributed by atoms with Gasteiger partial charge in [0.15, 0.2) is 0 Å². The van der Waals surface area contributed by atoms with Gasteiger partial charge in [-0.15, -0.1) is 0 Å². The summed E-state index contributed by atoms with van der Waals surface area (Å²) in [6.07, 6.45) is 1.47. The van der Waals surface area contributed by atoms with E-state index in [1.165, 1.54) is 31.5 Å². The van der Waals surface area contributed by atoms with Crippen molar-refractivity contribution in [1.82, 2.24) is 9.97 Å². The van der Waals surface area contributed by atoms with Gasteiger partial charge in [0.05, 0.1) is 17.7 Å². The van der Waals surface area contributed by atoms with Gasteiger partial charge in [-0.3, -0.25) is 0 Å². The van der Waals surface area contributed by atoms with Crippen LogP contribution < -0.4 is 9.47 Å². The van der Waals surface area contributed by atoms with Crippen LogP contribution in [0.2, 0.25) is 5.02 Å². The number of methoxy groups -OCH3 is 1. The Morgan fingerprint density at radius 1 is 1.37 bits per heavy atom. The first-order valence-electron chi connectivity index (χ1n) is 5.18. The van der Waals surface area contributed by atoms with Crippen molar-refractivity contribution in [1.29, 1.82) is 0 Å². The van der Waals surface area contributed by atoms with Crippen LogP contribution in [0.1, 0.15) is 10.4 Å². The molecule has 1 aromatic heterocycles. The fourth-order valence-electron chi connectivity index (χ4n) is 1.33. The van der Waals surface area contributed by atoms with E-state index in [-0.39, 0.29) is 22.5 Å². The molecule has 1 heterocycles. The molecule has 7 heteroatoms. The quantitative estimate of drug-likeness (QED) is 0.927. The molecule has 0 unspecified atom stereocenters. The van der Waals surface area contributed by atoms with Gasteiger partial charge < -0.3 is 14.6 Å². The van der Waals surface area contributed by atoms with Crippen molar-refractivity contribution >= 4 is 17.6 Å². The van der Waals surface area contributed by atoms with Crippen molar-refractivity contribution in [3.8, 4) is 17.6 Å². The van der Waals surface area contributed by atoms with Crippen LogP contribution in [0.5, 0.6) is 17.6 Å². The number of rotatable bonds is 4. The van der Waals surface area contributed by atoms with E-state index < -0.39 is 5.97 Å².